The number of benzene rings is 1. The van der Waals surface area contributed by atoms with E-state index in [9.17, 15) is 23.3 Å². The summed E-state index contributed by atoms with van der Waals surface area (Å²) in [6, 6.07) is 2.42. The highest BCUT2D eigenvalue weighted by atomic mass is 19.4. The molecule has 0 atom stereocenters. The van der Waals surface area contributed by atoms with Crippen LogP contribution in [0.4, 0.5) is 18.9 Å². The van der Waals surface area contributed by atoms with Gasteiger partial charge in [0.15, 0.2) is 0 Å². The van der Waals surface area contributed by atoms with E-state index in [1.165, 1.54) is 0 Å². The Bertz CT molecular complexity index is 405. The molecule has 0 spiro atoms. The lowest BCUT2D eigenvalue weighted by Gasteiger charge is -2.09. The molecule has 0 fully saturated rings. The molecular weight excluding hydrogens is 231 g/mol. The highest BCUT2D eigenvalue weighted by Crippen LogP contribution is 2.28. The molecule has 1 N–H and O–H groups in total. The lowest BCUT2D eigenvalue weighted by molar-refractivity contribution is -0.385. The summed E-state index contributed by atoms with van der Waals surface area (Å²) in [7, 11) is 0. The molecule has 16 heavy (non-hydrogen) atoms. The van der Waals surface area contributed by atoms with E-state index in [1.54, 1.807) is 0 Å². The topological polar surface area (TPSA) is 72.6 Å². The van der Waals surface area contributed by atoms with Crippen LogP contribution in [0.5, 0.6) is 5.75 Å². The van der Waals surface area contributed by atoms with Gasteiger partial charge in [-0.3, -0.25) is 10.1 Å². The first-order chi connectivity index (χ1) is 7.33. The van der Waals surface area contributed by atoms with Gasteiger partial charge in [0.1, 0.15) is 5.75 Å². The van der Waals surface area contributed by atoms with Crippen LogP contribution < -0.4 is 4.74 Å². The Balaban J connectivity index is 3.05. The van der Waals surface area contributed by atoms with Crippen molar-refractivity contribution in [1.29, 1.82) is 0 Å². The maximum absolute atomic E-state index is 11.8. The molecule has 8 heteroatoms. The van der Waals surface area contributed by atoms with Gasteiger partial charge < -0.3 is 9.84 Å². The number of rotatable bonds is 3. The van der Waals surface area contributed by atoms with E-state index in [0.29, 0.717) is 0 Å². The molecule has 0 unspecified atom stereocenters. The van der Waals surface area contributed by atoms with Gasteiger partial charge in [-0.05, 0) is 12.1 Å². The van der Waals surface area contributed by atoms with E-state index in [1.807, 2.05) is 0 Å². The van der Waals surface area contributed by atoms with Gasteiger partial charge in [-0.15, -0.1) is 13.2 Å². The minimum Gasteiger partial charge on any atom is -0.406 e. The van der Waals surface area contributed by atoms with Crippen molar-refractivity contribution in [2.45, 2.75) is 13.0 Å². The van der Waals surface area contributed by atoms with Crippen LogP contribution in [0.25, 0.3) is 0 Å². The average molecular weight is 237 g/mol. The maximum Gasteiger partial charge on any atom is 0.573 e. The summed E-state index contributed by atoms with van der Waals surface area (Å²) >= 11 is 0. The van der Waals surface area contributed by atoms with Crippen molar-refractivity contribution < 1.29 is 27.9 Å². The van der Waals surface area contributed by atoms with E-state index in [4.69, 9.17) is 5.11 Å². The van der Waals surface area contributed by atoms with Crippen LogP contribution in [-0.2, 0) is 6.61 Å². The Morgan fingerprint density at radius 3 is 2.50 bits per heavy atom. The first kappa shape index (κ1) is 12.2. The van der Waals surface area contributed by atoms with Crippen molar-refractivity contribution in [3.05, 3.63) is 33.9 Å². The SMILES string of the molecule is O=[N+]([O-])c1ccc(OC(F)(F)F)cc1CO. The monoisotopic (exact) mass is 237 g/mol. The number of nitro groups is 1. The number of halogens is 3. The number of alkyl halides is 3. The Kier molecular flexibility index (Phi) is 3.33. The van der Waals surface area contributed by atoms with Gasteiger partial charge >= 0.3 is 6.36 Å². The van der Waals surface area contributed by atoms with Gasteiger partial charge in [-0.25, -0.2) is 0 Å². The predicted octanol–water partition coefficient (Wildman–Crippen LogP) is 1.99. The predicted molar refractivity (Wildman–Crippen MR) is 45.7 cm³/mol. The van der Waals surface area contributed by atoms with Crippen LogP contribution in [-0.4, -0.2) is 16.4 Å². The molecule has 0 aromatic heterocycles. The molecular formula is C8H6F3NO4. The normalized spacial score (nSPS) is 11.2. The van der Waals surface area contributed by atoms with Gasteiger partial charge in [0.2, 0.25) is 0 Å². The maximum atomic E-state index is 11.8. The minimum absolute atomic E-state index is 0.244. The third-order valence-corrected chi connectivity index (χ3v) is 1.65. The quantitative estimate of drug-likeness (QED) is 0.644. The van der Waals surface area contributed by atoms with Crippen LogP contribution in [0.2, 0.25) is 0 Å². The second kappa shape index (κ2) is 4.35. The number of nitrogens with zero attached hydrogens (tertiary/aromatic N) is 1. The molecule has 0 amide bonds. The summed E-state index contributed by atoms with van der Waals surface area (Å²) in [6.07, 6.45) is -4.87. The Hall–Kier alpha value is -1.83. The third kappa shape index (κ3) is 3.09. The summed E-state index contributed by atoms with van der Waals surface area (Å²) in [4.78, 5) is 9.61. The number of aliphatic hydroxyl groups is 1. The third-order valence-electron chi connectivity index (χ3n) is 1.65. The van der Waals surface area contributed by atoms with Gasteiger partial charge in [0, 0.05) is 6.07 Å². The smallest absolute Gasteiger partial charge is 0.406 e. The summed E-state index contributed by atoms with van der Waals surface area (Å²) in [5.74, 6) is -0.609. The van der Waals surface area contributed by atoms with Gasteiger partial charge in [-0.2, -0.15) is 0 Å². The van der Waals surface area contributed by atoms with E-state index in [0.717, 1.165) is 18.2 Å². The van der Waals surface area contributed by atoms with Crippen LogP contribution >= 0.6 is 0 Å². The molecule has 0 saturated heterocycles. The van der Waals surface area contributed by atoms with Crippen LogP contribution in [0.1, 0.15) is 5.56 Å². The zero-order valence-electron chi connectivity index (χ0n) is 7.69. The molecule has 0 aliphatic heterocycles. The fourth-order valence-corrected chi connectivity index (χ4v) is 1.06. The molecule has 0 aliphatic carbocycles. The molecule has 0 heterocycles. The fourth-order valence-electron chi connectivity index (χ4n) is 1.06. The van der Waals surface area contributed by atoms with Crippen molar-refractivity contribution in [3.8, 4) is 5.75 Å². The molecule has 0 aliphatic rings. The van der Waals surface area contributed by atoms with Crippen molar-refractivity contribution in [1.82, 2.24) is 0 Å². The number of aliphatic hydroxyl groups excluding tert-OH is 1. The van der Waals surface area contributed by atoms with Crippen LogP contribution in [0, 0.1) is 10.1 Å². The number of nitro benzene ring substituents is 1. The number of hydrogen-bond acceptors (Lipinski definition) is 4. The molecule has 0 radical (unpaired) electrons. The van der Waals surface area contributed by atoms with Crippen molar-refractivity contribution in [2.75, 3.05) is 0 Å². The second-order valence-electron chi connectivity index (χ2n) is 2.75. The van der Waals surface area contributed by atoms with E-state index < -0.39 is 29.3 Å². The zero-order valence-corrected chi connectivity index (χ0v) is 7.69. The molecule has 1 aromatic carbocycles. The molecule has 88 valence electrons. The van der Waals surface area contributed by atoms with E-state index >= 15 is 0 Å². The molecule has 1 rings (SSSR count). The first-order valence-corrected chi connectivity index (χ1v) is 3.97. The highest BCUT2D eigenvalue weighted by molar-refractivity contribution is 5.44. The van der Waals surface area contributed by atoms with Gasteiger partial charge in [-0.1, -0.05) is 0 Å². The molecule has 0 bridgehead atoms. The second-order valence-corrected chi connectivity index (χ2v) is 2.75. The zero-order chi connectivity index (χ0) is 12.3. The number of hydrogen-bond donors (Lipinski definition) is 1. The Labute approximate surface area is 87.2 Å². The summed E-state index contributed by atoms with van der Waals surface area (Å²) in [6.45, 7) is -0.745. The van der Waals surface area contributed by atoms with E-state index in [2.05, 4.69) is 4.74 Å². The molecule has 0 saturated carbocycles. The first-order valence-electron chi connectivity index (χ1n) is 3.97. The van der Waals surface area contributed by atoms with Crippen molar-refractivity contribution in [3.63, 3.8) is 0 Å². The van der Waals surface area contributed by atoms with Gasteiger partial charge in [0.25, 0.3) is 5.69 Å². The average Bonchev–Trinajstić information content (AvgIpc) is 2.14. The van der Waals surface area contributed by atoms with Crippen LogP contribution in [0.3, 0.4) is 0 Å². The number of ether oxygens (including phenoxy) is 1. The Morgan fingerprint density at radius 1 is 1.44 bits per heavy atom. The summed E-state index contributed by atoms with van der Waals surface area (Å²) < 4.78 is 39.0. The van der Waals surface area contributed by atoms with E-state index in [-0.39, 0.29) is 5.56 Å². The molecule has 1 aromatic rings. The van der Waals surface area contributed by atoms with Crippen molar-refractivity contribution in [2.24, 2.45) is 0 Å². The Morgan fingerprint density at radius 2 is 2.06 bits per heavy atom. The standard InChI is InChI=1S/C8H6F3NO4/c9-8(10,11)16-6-1-2-7(12(14)15)5(3-6)4-13/h1-3,13H,4H2. The van der Waals surface area contributed by atoms with Gasteiger partial charge in [0.05, 0.1) is 17.1 Å². The largest absolute Gasteiger partial charge is 0.573 e. The molecule has 5 nitrogen and oxygen atoms in total. The van der Waals surface area contributed by atoms with Crippen LogP contribution in [0.15, 0.2) is 18.2 Å². The lowest BCUT2D eigenvalue weighted by Crippen LogP contribution is -2.17. The highest BCUT2D eigenvalue weighted by Gasteiger charge is 2.31. The summed E-state index contributed by atoms with van der Waals surface area (Å²) in [5, 5.41) is 19.2. The summed E-state index contributed by atoms with van der Waals surface area (Å²) in [5.41, 5.74) is -0.705. The minimum atomic E-state index is -4.87. The fraction of sp³-hybridized carbons (Fsp3) is 0.250. The van der Waals surface area contributed by atoms with Crippen molar-refractivity contribution >= 4 is 5.69 Å². The lowest BCUT2D eigenvalue weighted by atomic mass is 10.2.